The van der Waals surface area contributed by atoms with Crippen molar-refractivity contribution in [2.24, 2.45) is 0 Å². The van der Waals surface area contributed by atoms with E-state index in [1.54, 1.807) is 11.1 Å². The van der Waals surface area contributed by atoms with Crippen LogP contribution in [-0.2, 0) is 9.47 Å². The molecule has 0 aliphatic carbocycles. The lowest BCUT2D eigenvalue weighted by atomic mass is 10.3. The van der Waals surface area contributed by atoms with E-state index in [4.69, 9.17) is 9.47 Å². The van der Waals surface area contributed by atoms with E-state index < -0.39 is 0 Å². The molecule has 26 heavy (non-hydrogen) atoms. The van der Waals surface area contributed by atoms with Crippen molar-refractivity contribution in [3.63, 3.8) is 0 Å². The smallest absolute Gasteiger partial charge is 0.409 e. The minimum absolute atomic E-state index is 0.236. The molecular weight excluding hydrogens is 336 g/mol. The number of ether oxygens (including phenoxy) is 2. The zero-order valence-corrected chi connectivity index (χ0v) is 15.4. The minimum Gasteiger partial charge on any atom is -0.450 e. The van der Waals surface area contributed by atoms with E-state index in [0.29, 0.717) is 25.6 Å². The standard InChI is InChI=1S/C17H28N6O3/c1-2-26-17(24)23-9-7-22(8-10-23)15-3-4-18-16(20-15)19-5-6-21-11-13-25-14-12-21/h3-4H,2,5-14H2,1H3,(H,18,19,20). The van der Waals surface area contributed by atoms with Gasteiger partial charge in [-0.1, -0.05) is 0 Å². The summed E-state index contributed by atoms with van der Waals surface area (Å²) in [5.74, 6) is 1.53. The van der Waals surface area contributed by atoms with Gasteiger partial charge < -0.3 is 24.6 Å². The second-order valence-electron chi connectivity index (χ2n) is 6.29. The van der Waals surface area contributed by atoms with Gasteiger partial charge in [0.25, 0.3) is 0 Å². The number of carbonyl (C=O) groups excluding carboxylic acids is 1. The normalized spacial score (nSPS) is 18.7. The summed E-state index contributed by atoms with van der Waals surface area (Å²) in [6, 6.07) is 1.91. The monoisotopic (exact) mass is 364 g/mol. The second kappa shape index (κ2) is 9.54. The van der Waals surface area contributed by atoms with Crippen LogP contribution in [0.3, 0.4) is 0 Å². The van der Waals surface area contributed by atoms with Crippen molar-refractivity contribution < 1.29 is 14.3 Å². The van der Waals surface area contributed by atoms with Crippen molar-refractivity contribution in [1.82, 2.24) is 19.8 Å². The summed E-state index contributed by atoms with van der Waals surface area (Å²) in [4.78, 5) is 27.0. The first-order chi connectivity index (χ1) is 12.8. The van der Waals surface area contributed by atoms with Crippen LogP contribution < -0.4 is 10.2 Å². The van der Waals surface area contributed by atoms with Gasteiger partial charge in [0.05, 0.1) is 19.8 Å². The van der Waals surface area contributed by atoms with Crippen LogP contribution >= 0.6 is 0 Å². The number of hydrogen-bond donors (Lipinski definition) is 1. The first kappa shape index (κ1) is 18.7. The van der Waals surface area contributed by atoms with E-state index in [9.17, 15) is 4.79 Å². The van der Waals surface area contributed by atoms with Crippen molar-refractivity contribution in [3.05, 3.63) is 12.3 Å². The van der Waals surface area contributed by atoms with Crippen LogP contribution in [0.1, 0.15) is 6.92 Å². The Balaban J connectivity index is 1.46. The summed E-state index contributed by atoms with van der Waals surface area (Å²) < 4.78 is 10.4. The Kier molecular flexibility index (Phi) is 6.84. The number of rotatable bonds is 6. The molecule has 2 fully saturated rings. The molecule has 2 aliphatic rings. The summed E-state index contributed by atoms with van der Waals surface area (Å²) in [6.45, 7) is 10.3. The summed E-state index contributed by atoms with van der Waals surface area (Å²) in [7, 11) is 0. The molecule has 0 bridgehead atoms. The molecule has 1 N–H and O–H groups in total. The highest BCUT2D eigenvalue weighted by atomic mass is 16.6. The Morgan fingerprint density at radius 1 is 1.23 bits per heavy atom. The number of piperazine rings is 1. The maximum Gasteiger partial charge on any atom is 0.409 e. The van der Waals surface area contributed by atoms with Gasteiger partial charge in [0.15, 0.2) is 0 Å². The quantitative estimate of drug-likeness (QED) is 0.781. The Morgan fingerprint density at radius 2 is 2.00 bits per heavy atom. The molecule has 0 unspecified atom stereocenters. The number of aromatic nitrogens is 2. The van der Waals surface area contributed by atoms with Gasteiger partial charge in [-0.3, -0.25) is 4.90 Å². The van der Waals surface area contributed by atoms with Gasteiger partial charge >= 0.3 is 6.09 Å². The first-order valence-electron chi connectivity index (χ1n) is 9.30. The van der Waals surface area contributed by atoms with Gasteiger partial charge in [0, 0.05) is 58.6 Å². The summed E-state index contributed by atoms with van der Waals surface area (Å²) in [5.41, 5.74) is 0. The molecule has 1 aromatic heterocycles. The fraction of sp³-hybridized carbons (Fsp3) is 0.706. The molecule has 3 rings (SSSR count). The number of nitrogens with zero attached hydrogens (tertiary/aromatic N) is 5. The Bertz CT molecular complexity index is 573. The lowest BCUT2D eigenvalue weighted by molar-refractivity contribution is 0.0398. The van der Waals surface area contributed by atoms with Crippen LogP contribution in [0.4, 0.5) is 16.6 Å². The Morgan fingerprint density at radius 3 is 2.73 bits per heavy atom. The van der Waals surface area contributed by atoms with Crippen LogP contribution in [0.5, 0.6) is 0 Å². The molecule has 0 atom stereocenters. The number of carbonyl (C=O) groups is 1. The van der Waals surface area contributed by atoms with E-state index >= 15 is 0 Å². The highest BCUT2D eigenvalue weighted by Crippen LogP contribution is 2.15. The van der Waals surface area contributed by atoms with E-state index in [2.05, 4.69) is 25.1 Å². The van der Waals surface area contributed by atoms with Gasteiger partial charge in [-0.15, -0.1) is 0 Å². The number of morpholine rings is 1. The third-order valence-corrected chi connectivity index (χ3v) is 4.59. The Labute approximate surface area is 154 Å². The summed E-state index contributed by atoms with van der Waals surface area (Å²) in [6.07, 6.45) is 1.54. The molecule has 0 aromatic carbocycles. The molecule has 9 nitrogen and oxygen atoms in total. The van der Waals surface area contributed by atoms with Crippen LogP contribution in [0.15, 0.2) is 12.3 Å². The fourth-order valence-corrected chi connectivity index (χ4v) is 3.09. The maximum atomic E-state index is 11.8. The molecule has 144 valence electrons. The number of nitrogens with one attached hydrogen (secondary N) is 1. The maximum absolute atomic E-state index is 11.8. The van der Waals surface area contributed by atoms with Crippen molar-refractivity contribution in [3.8, 4) is 0 Å². The lowest BCUT2D eigenvalue weighted by Gasteiger charge is -2.34. The second-order valence-corrected chi connectivity index (χ2v) is 6.29. The topological polar surface area (TPSA) is 83.1 Å². The molecule has 0 radical (unpaired) electrons. The van der Waals surface area contributed by atoms with Crippen LogP contribution in [0.25, 0.3) is 0 Å². The average molecular weight is 364 g/mol. The van der Waals surface area contributed by atoms with E-state index in [1.807, 2.05) is 13.0 Å². The van der Waals surface area contributed by atoms with Gasteiger partial charge in [-0.25, -0.2) is 9.78 Å². The molecular formula is C17H28N6O3. The molecule has 9 heteroatoms. The van der Waals surface area contributed by atoms with E-state index in [-0.39, 0.29) is 6.09 Å². The van der Waals surface area contributed by atoms with Gasteiger partial charge in [0.2, 0.25) is 5.95 Å². The molecule has 3 heterocycles. The third-order valence-electron chi connectivity index (χ3n) is 4.59. The zero-order chi connectivity index (χ0) is 18.2. The third kappa shape index (κ3) is 5.18. The predicted octanol–water partition coefficient (Wildman–Crippen LogP) is 0.499. The predicted molar refractivity (Wildman–Crippen MR) is 98.6 cm³/mol. The number of amides is 1. The van der Waals surface area contributed by atoms with Crippen LogP contribution in [0, 0.1) is 0 Å². The largest absolute Gasteiger partial charge is 0.450 e. The van der Waals surface area contributed by atoms with Gasteiger partial charge in [0.1, 0.15) is 5.82 Å². The van der Waals surface area contributed by atoms with Crippen molar-refractivity contribution >= 4 is 17.9 Å². The highest BCUT2D eigenvalue weighted by Gasteiger charge is 2.22. The molecule has 2 aliphatic heterocycles. The average Bonchev–Trinajstić information content (AvgIpc) is 2.69. The highest BCUT2D eigenvalue weighted by molar-refractivity contribution is 5.68. The molecule has 0 spiro atoms. The Hall–Kier alpha value is -2.13. The number of hydrogen-bond acceptors (Lipinski definition) is 8. The number of anilines is 2. The first-order valence-corrected chi connectivity index (χ1v) is 9.30. The van der Waals surface area contributed by atoms with E-state index in [1.165, 1.54) is 0 Å². The van der Waals surface area contributed by atoms with Crippen LogP contribution in [-0.4, -0.2) is 98.0 Å². The summed E-state index contributed by atoms with van der Waals surface area (Å²) >= 11 is 0. The van der Waals surface area contributed by atoms with Crippen molar-refractivity contribution in [1.29, 1.82) is 0 Å². The SMILES string of the molecule is CCOC(=O)N1CCN(c2ccnc(NCCN3CCOCC3)n2)CC1. The fourth-order valence-electron chi connectivity index (χ4n) is 3.09. The van der Waals surface area contributed by atoms with Crippen LogP contribution in [0.2, 0.25) is 0 Å². The molecule has 1 amide bonds. The van der Waals surface area contributed by atoms with E-state index in [0.717, 1.165) is 58.3 Å². The van der Waals surface area contributed by atoms with Crippen molar-refractivity contribution in [2.75, 3.05) is 82.4 Å². The molecule has 0 saturated carbocycles. The summed E-state index contributed by atoms with van der Waals surface area (Å²) in [5, 5.41) is 3.30. The van der Waals surface area contributed by atoms with Gasteiger partial charge in [-0.05, 0) is 13.0 Å². The zero-order valence-electron chi connectivity index (χ0n) is 15.4. The molecule has 1 aromatic rings. The minimum atomic E-state index is -0.236. The van der Waals surface area contributed by atoms with Crippen molar-refractivity contribution in [2.45, 2.75) is 6.92 Å². The lowest BCUT2D eigenvalue weighted by Crippen LogP contribution is -2.49. The molecule has 2 saturated heterocycles. The van der Waals surface area contributed by atoms with Gasteiger partial charge in [-0.2, -0.15) is 4.98 Å².